The highest BCUT2D eigenvalue weighted by atomic mass is 19.4. The SMILES string of the molecule is O=C(O)c1ccc2ccn(CC(O)(c3ccc4c(cnn4-c4ccc(F)cc4)c3)C(F)(F)F)c2c1. The summed E-state index contributed by atoms with van der Waals surface area (Å²) in [6.07, 6.45) is -2.31. The Kier molecular flexibility index (Phi) is 5.13. The number of fused-ring (bicyclic) bond motifs is 2. The van der Waals surface area contributed by atoms with Gasteiger partial charge in [0, 0.05) is 17.1 Å². The van der Waals surface area contributed by atoms with Crippen LogP contribution in [0.1, 0.15) is 15.9 Å². The van der Waals surface area contributed by atoms with Crippen LogP contribution in [0.4, 0.5) is 17.6 Å². The minimum Gasteiger partial charge on any atom is -0.478 e. The minimum atomic E-state index is -5.05. The number of hydrogen-bond acceptors (Lipinski definition) is 3. The summed E-state index contributed by atoms with van der Waals surface area (Å²) < 4.78 is 58.7. The fraction of sp³-hybridized carbons (Fsp3) is 0.120. The summed E-state index contributed by atoms with van der Waals surface area (Å²) in [7, 11) is 0. The number of carbonyl (C=O) groups is 1. The molecule has 5 rings (SSSR count). The number of aliphatic hydroxyl groups is 1. The fourth-order valence-electron chi connectivity index (χ4n) is 4.12. The van der Waals surface area contributed by atoms with Crippen molar-refractivity contribution in [3.8, 4) is 5.69 Å². The Bertz CT molecular complexity index is 1570. The molecule has 0 radical (unpaired) electrons. The van der Waals surface area contributed by atoms with Crippen LogP contribution >= 0.6 is 0 Å². The molecule has 6 nitrogen and oxygen atoms in total. The number of aromatic nitrogens is 3. The van der Waals surface area contributed by atoms with Gasteiger partial charge in [-0.1, -0.05) is 12.1 Å². The summed E-state index contributed by atoms with van der Waals surface area (Å²) >= 11 is 0. The largest absolute Gasteiger partial charge is 0.478 e. The molecule has 1 atom stereocenters. The highest BCUT2D eigenvalue weighted by molar-refractivity contribution is 5.93. The van der Waals surface area contributed by atoms with Gasteiger partial charge in [-0.2, -0.15) is 18.3 Å². The summed E-state index contributed by atoms with van der Waals surface area (Å²) in [6, 6.07) is 14.9. The lowest BCUT2D eigenvalue weighted by Gasteiger charge is -2.32. The maximum Gasteiger partial charge on any atom is 0.423 e. The van der Waals surface area contributed by atoms with Crippen molar-refractivity contribution in [3.05, 3.63) is 96.1 Å². The lowest BCUT2D eigenvalue weighted by atomic mass is 9.91. The first-order valence-corrected chi connectivity index (χ1v) is 10.4. The standard InChI is InChI=1S/C25H17F4N3O3/c26-19-4-6-20(7-5-19)32-21-8-3-18(11-17(21)13-30-32)24(35,25(27,28)29)14-31-10-9-15-1-2-16(23(33)34)12-22(15)31/h1-13,35H,14H2,(H,33,34). The van der Waals surface area contributed by atoms with E-state index in [-0.39, 0.29) is 11.1 Å². The van der Waals surface area contributed by atoms with E-state index in [2.05, 4.69) is 5.10 Å². The third-order valence-corrected chi connectivity index (χ3v) is 6.01. The van der Waals surface area contributed by atoms with E-state index < -0.39 is 35.7 Å². The predicted octanol–water partition coefficient (Wildman–Crippen LogP) is 5.27. The van der Waals surface area contributed by atoms with Crippen molar-refractivity contribution < 1.29 is 32.6 Å². The van der Waals surface area contributed by atoms with E-state index in [4.69, 9.17) is 0 Å². The van der Waals surface area contributed by atoms with Crippen LogP contribution in [0.3, 0.4) is 0 Å². The van der Waals surface area contributed by atoms with Crippen molar-refractivity contribution >= 4 is 27.8 Å². The van der Waals surface area contributed by atoms with Gasteiger partial charge >= 0.3 is 12.1 Å². The summed E-state index contributed by atoms with van der Waals surface area (Å²) in [5.74, 6) is -1.65. The van der Waals surface area contributed by atoms with E-state index in [1.54, 1.807) is 6.07 Å². The molecule has 35 heavy (non-hydrogen) atoms. The average Bonchev–Trinajstić information content (AvgIpc) is 3.42. The molecule has 0 aliphatic carbocycles. The van der Waals surface area contributed by atoms with E-state index in [9.17, 15) is 32.6 Å². The van der Waals surface area contributed by atoms with Gasteiger partial charge in [0.2, 0.25) is 5.60 Å². The molecule has 10 heteroatoms. The quantitative estimate of drug-likeness (QED) is 0.334. The number of hydrogen-bond donors (Lipinski definition) is 2. The van der Waals surface area contributed by atoms with Gasteiger partial charge in [0.1, 0.15) is 5.82 Å². The molecule has 0 aliphatic rings. The summed E-state index contributed by atoms with van der Waals surface area (Å²) in [5.41, 5.74) is -2.51. The average molecular weight is 483 g/mol. The Morgan fingerprint density at radius 1 is 0.914 bits per heavy atom. The Morgan fingerprint density at radius 3 is 2.34 bits per heavy atom. The number of aromatic carboxylic acids is 1. The number of carboxylic acids is 1. The van der Waals surface area contributed by atoms with Gasteiger partial charge in [-0.25, -0.2) is 13.9 Å². The molecule has 0 aliphatic heterocycles. The Morgan fingerprint density at radius 2 is 1.66 bits per heavy atom. The number of rotatable bonds is 5. The summed E-state index contributed by atoms with van der Waals surface area (Å²) in [4.78, 5) is 11.3. The van der Waals surface area contributed by atoms with Crippen LogP contribution in [0.15, 0.2) is 79.1 Å². The van der Waals surface area contributed by atoms with Crippen LogP contribution in [0.25, 0.3) is 27.5 Å². The first-order chi connectivity index (χ1) is 16.6. The summed E-state index contributed by atoms with van der Waals surface area (Å²) in [5, 5.41) is 25.3. The van der Waals surface area contributed by atoms with Crippen LogP contribution in [0, 0.1) is 5.82 Å². The van der Waals surface area contributed by atoms with Gasteiger partial charge in [-0.05, 0) is 65.5 Å². The zero-order valence-corrected chi connectivity index (χ0v) is 17.9. The first-order valence-electron chi connectivity index (χ1n) is 10.4. The molecule has 2 heterocycles. The van der Waals surface area contributed by atoms with Crippen LogP contribution in [-0.2, 0) is 12.1 Å². The molecule has 2 aromatic heterocycles. The predicted molar refractivity (Wildman–Crippen MR) is 120 cm³/mol. The lowest BCUT2D eigenvalue weighted by Crippen LogP contribution is -2.45. The van der Waals surface area contributed by atoms with Gasteiger partial charge in [-0.15, -0.1) is 0 Å². The normalized spacial score (nSPS) is 13.9. The van der Waals surface area contributed by atoms with E-state index in [0.717, 1.165) is 0 Å². The van der Waals surface area contributed by atoms with Crippen LogP contribution in [0.5, 0.6) is 0 Å². The number of nitrogens with zero attached hydrogens (tertiary/aromatic N) is 3. The molecule has 5 aromatic rings. The van der Waals surface area contributed by atoms with Gasteiger partial charge in [0.25, 0.3) is 0 Å². The molecule has 0 saturated carbocycles. The second-order valence-electron chi connectivity index (χ2n) is 8.19. The van der Waals surface area contributed by atoms with Crippen molar-refractivity contribution in [2.24, 2.45) is 0 Å². The minimum absolute atomic E-state index is 0.0809. The molecular formula is C25H17F4N3O3. The molecule has 3 aromatic carbocycles. The topological polar surface area (TPSA) is 80.3 Å². The summed E-state index contributed by atoms with van der Waals surface area (Å²) in [6.45, 7) is -0.888. The molecule has 0 amide bonds. The zero-order valence-electron chi connectivity index (χ0n) is 17.9. The van der Waals surface area contributed by atoms with Crippen molar-refractivity contribution in [1.82, 2.24) is 14.3 Å². The smallest absolute Gasteiger partial charge is 0.423 e. The maximum absolute atomic E-state index is 14.3. The number of carboxylic acid groups (broad SMARTS) is 1. The molecule has 0 spiro atoms. The highest BCUT2D eigenvalue weighted by Crippen LogP contribution is 2.42. The zero-order chi connectivity index (χ0) is 25.0. The number of benzene rings is 3. The van der Waals surface area contributed by atoms with E-state index >= 15 is 0 Å². The maximum atomic E-state index is 14.3. The van der Waals surface area contributed by atoms with Gasteiger partial charge in [0.05, 0.1) is 29.5 Å². The van der Waals surface area contributed by atoms with Crippen molar-refractivity contribution in [1.29, 1.82) is 0 Å². The lowest BCUT2D eigenvalue weighted by molar-refractivity contribution is -0.271. The van der Waals surface area contributed by atoms with Crippen LogP contribution in [-0.4, -0.2) is 36.7 Å². The third-order valence-electron chi connectivity index (χ3n) is 6.01. The molecule has 178 valence electrons. The second-order valence-corrected chi connectivity index (χ2v) is 8.19. The van der Waals surface area contributed by atoms with Gasteiger partial charge < -0.3 is 14.8 Å². The van der Waals surface area contributed by atoms with Crippen molar-refractivity contribution in [2.75, 3.05) is 0 Å². The second kappa shape index (κ2) is 7.95. The number of alkyl halides is 3. The molecule has 0 bridgehead atoms. The van der Waals surface area contributed by atoms with Crippen molar-refractivity contribution in [2.45, 2.75) is 18.3 Å². The molecular weight excluding hydrogens is 466 g/mol. The number of halogens is 4. The van der Waals surface area contributed by atoms with E-state index in [0.29, 0.717) is 22.0 Å². The Hall–Kier alpha value is -4.18. The Balaban J connectivity index is 1.59. The van der Waals surface area contributed by atoms with Gasteiger partial charge in [0.15, 0.2) is 0 Å². The molecule has 0 saturated heterocycles. The van der Waals surface area contributed by atoms with E-state index in [1.165, 1.54) is 82.3 Å². The molecule has 1 unspecified atom stereocenters. The van der Waals surface area contributed by atoms with Crippen molar-refractivity contribution in [3.63, 3.8) is 0 Å². The third kappa shape index (κ3) is 3.81. The monoisotopic (exact) mass is 483 g/mol. The van der Waals surface area contributed by atoms with E-state index in [1.807, 2.05) is 0 Å². The fourth-order valence-corrected chi connectivity index (χ4v) is 4.12. The Labute approximate surface area is 195 Å². The van der Waals surface area contributed by atoms with Gasteiger partial charge in [-0.3, -0.25) is 0 Å². The van der Waals surface area contributed by atoms with Crippen LogP contribution < -0.4 is 0 Å². The van der Waals surface area contributed by atoms with Crippen LogP contribution in [0.2, 0.25) is 0 Å². The molecule has 2 N–H and O–H groups in total. The highest BCUT2D eigenvalue weighted by Gasteiger charge is 2.55. The first kappa shape index (κ1) is 22.6. The molecule has 0 fully saturated rings.